The highest BCUT2D eigenvalue weighted by molar-refractivity contribution is 5.99. The number of rotatable bonds is 8. The monoisotopic (exact) mass is 521 g/mol. The van der Waals surface area contributed by atoms with E-state index < -0.39 is 42.1 Å². The third kappa shape index (κ3) is 5.49. The second kappa shape index (κ2) is 11.6. The molecule has 0 spiro atoms. The van der Waals surface area contributed by atoms with Crippen LogP contribution in [0, 0.1) is 17.6 Å². The Labute approximate surface area is 222 Å². The predicted molar refractivity (Wildman–Crippen MR) is 144 cm³/mol. The van der Waals surface area contributed by atoms with Crippen LogP contribution in [-0.2, 0) is 16.1 Å². The first kappa shape index (κ1) is 27.1. The number of benzene rings is 3. The largest absolute Gasteiger partial charge is 0.480 e. The first-order valence-electron chi connectivity index (χ1n) is 12.9. The van der Waals surface area contributed by atoms with Crippen molar-refractivity contribution >= 4 is 23.2 Å². The van der Waals surface area contributed by atoms with E-state index in [-0.39, 0.29) is 11.5 Å². The lowest BCUT2D eigenvalue weighted by atomic mass is 10.00. The van der Waals surface area contributed by atoms with Gasteiger partial charge in [-0.3, -0.25) is 9.59 Å². The maximum absolute atomic E-state index is 14.8. The van der Waals surface area contributed by atoms with Gasteiger partial charge in [-0.15, -0.1) is 0 Å². The number of hydrogen-bond acceptors (Lipinski definition) is 4. The van der Waals surface area contributed by atoms with Gasteiger partial charge in [0.05, 0.1) is 6.54 Å². The molecule has 3 aromatic carbocycles. The molecule has 4 rings (SSSR count). The van der Waals surface area contributed by atoms with Gasteiger partial charge in [0.2, 0.25) is 0 Å². The van der Waals surface area contributed by atoms with Crippen molar-refractivity contribution in [3.63, 3.8) is 0 Å². The Morgan fingerprint density at radius 2 is 1.66 bits per heavy atom. The molecule has 0 bridgehead atoms. The number of ether oxygens (including phenoxy) is 1. The Morgan fingerprint density at radius 1 is 1.00 bits per heavy atom. The summed E-state index contributed by atoms with van der Waals surface area (Å²) >= 11 is 0. The summed E-state index contributed by atoms with van der Waals surface area (Å²) in [6, 6.07) is 16.7. The Morgan fingerprint density at radius 3 is 2.26 bits per heavy atom. The predicted octanol–water partition coefficient (Wildman–Crippen LogP) is 5.94. The third-order valence-electron chi connectivity index (χ3n) is 6.80. The third-order valence-corrected chi connectivity index (χ3v) is 6.80. The first-order valence-corrected chi connectivity index (χ1v) is 12.9. The maximum Gasteiger partial charge on any atom is 0.265 e. The topological polar surface area (TPSA) is 61.9 Å². The molecule has 1 aliphatic heterocycles. The van der Waals surface area contributed by atoms with Crippen LogP contribution >= 0.6 is 0 Å². The molecule has 0 aliphatic carbocycles. The van der Waals surface area contributed by atoms with E-state index in [4.69, 9.17) is 4.74 Å². The van der Waals surface area contributed by atoms with E-state index in [1.165, 1.54) is 11.0 Å². The number of carbonyl (C=O) groups excluding carboxylic acids is 2. The van der Waals surface area contributed by atoms with Crippen LogP contribution in [0.5, 0.6) is 5.75 Å². The molecule has 2 unspecified atom stereocenters. The summed E-state index contributed by atoms with van der Waals surface area (Å²) in [6.07, 6.45) is -0.954. The Hall–Kier alpha value is -3.94. The van der Waals surface area contributed by atoms with Crippen LogP contribution in [0.4, 0.5) is 20.2 Å². The van der Waals surface area contributed by atoms with Gasteiger partial charge in [-0.1, -0.05) is 44.2 Å². The molecule has 200 valence electrons. The molecule has 2 atom stereocenters. The summed E-state index contributed by atoms with van der Waals surface area (Å²) in [6.45, 7) is 8.84. The van der Waals surface area contributed by atoms with Crippen LogP contribution in [0.15, 0.2) is 66.7 Å². The average molecular weight is 522 g/mol. The lowest BCUT2D eigenvalue weighted by Gasteiger charge is -2.31. The van der Waals surface area contributed by atoms with Gasteiger partial charge in [-0.2, -0.15) is 0 Å². The van der Waals surface area contributed by atoms with Gasteiger partial charge in [0.15, 0.2) is 6.10 Å². The van der Waals surface area contributed by atoms with Crippen LogP contribution in [-0.4, -0.2) is 35.9 Å². The minimum Gasteiger partial charge on any atom is -0.480 e. The summed E-state index contributed by atoms with van der Waals surface area (Å²) in [7, 11) is 0. The normalized spacial score (nSPS) is 17.0. The number of fused-ring (bicyclic) bond motifs is 1. The van der Waals surface area contributed by atoms with Crippen molar-refractivity contribution in [2.45, 2.75) is 46.4 Å². The number of anilines is 2. The second-order valence-electron chi connectivity index (χ2n) is 9.60. The fraction of sp³-hybridized carbons (Fsp3) is 0.333. The molecule has 3 aromatic rings. The molecule has 0 fully saturated rings. The van der Waals surface area contributed by atoms with Crippen molar-refractivity contribution in [2.24, 2.45) is 5.92 Å². The van der Waals surface area contributed by atoms with Gasteiger partial charge in [-0.25, -0.2) is 8.78 Å². The molecule has 2 amide bonds. The van der Waals surface area contributed by atoms with Crippen molar-refractivity contribution in [2.75, 3.05) is 23.3 Å². The van der Waals surface area contributed by atoms with E-state index in [1.807, 2.05) is 45.9 Å². The van der Waals surface area contributed by atoms with E-state index in [9.17, 15) is 18.4 Å². The van der Waals surface area contributed by atoms with E-state index >= 15 is 0 Å². The number of carbonyl (C=O) groups is 2. The van der Waals surface area contributed by atoms with Gasteiger partial charge >= 0.3 is 0 Å². The summed E-state index contributed by atoms with van der Waals surface area (Å²) in [5.74, 6) is -2.48. The number of halogens is 2. The van der Waals surface area contributed by atoms with E-state index in [0.29, 0.717) is 17.0 Å². The maximum atomic E-state index is 14.8. The van der Waals surface area contributed by atoms with Crippen molar-refractivity contribution in [3.8, 4) is 5.75 Å². The summed E-state index contributed by atoms with van der Waals surface area (Å²) in [4.78, 5) is 31.2. The molecule has 8 heteroatoms. The van der Waals surface area contributed by atoms with Crippen LogP contribution in [0.25, 0.3) is 0 Å². The molecule has 0 saturated heterocycles. The van der Waals surface area contributed by atoms with Crippen LogP contribution in [0.1, 0.15) is 44.9 Å². The Balaban J connectivity index is 1.88. The van der Waals surface area contributed by atoms with E-state index in [2.05, 4.69) is 10.2 Å². The smallest absolute Gasteiger partial charge is 0.265 e. The molecule has 0 radical (unpaired) electrons. The Bertz CT molecular complexity index is 1270. The number of para-hydroxylation sites is 1. The number of nitrogens with one attached hydrogen (secondary N) is 1. The molecule has 0 saturated carbocycles. The van der Waals surface area contributed by atoms with Gasteiger partial charge in [0.25, 0.3) is 11.8 Å². The SMILES string of the molecule is CCN(CC)c1ccc2c(c1)OC(C(C)C)C(=O)N(Cc1c(F)cccc1F)C2C(=O)Nc1ccccc1. The summed E-state index contributed by atoms with van der Waals surface area (Å²) in [5.41, 5.74) is 1.58. The van der Waals surface area contributed by atoms with Crippen molar-refractivity contribution in [1.82, 2.24) is 4.90 Å². The number of amides is 2. The highest BCUT2D eigenvalue weighted by Crippen LogP contribution is 2.40. The minimum absolute atomic E-state index is 0.267. The summed E-state index contributed by atoms with van der Waals surface area (Å²) in [5, 5.41) is 2.86. The second-order valence-corrected chi connectivity index (χ2v) is 9.60. The molecule has 6 nitrogen and oxygen atoms in total. The number of nitrogens with zero attached hydrogens (tertiary/aromatic N) is 2. The van der Waals surface area contributed by atoms with Gasteiger partial charge in [0.1, 0.15) is 23.4 Å². The molecular formula is C30H33F2N3O3. The quantitative estimate of drug-likeness (QED) is 0.399. The molecule has 38 heavy (non-hydrogen) atoms. The van der Waals surface area contributed by atoms with Crippen molar-refractivity contribution in [1.29, 1.82) is 0 Å². The zero-order chi connectivity index (χ0) is 27.4. The van der Waals surface area contributed by atoms with E-state index in [1.54, 1.807) is 30.3 Å². The highest BCUT2D eigenvalue weighted by atomic mass is 19.1. The average Bonchev–Trinajstić information content (AvgIpc) is 3.02. The number of hydrogen-bond donors (Lipinski definition) is 1. The van der Waals surface area contributed by atoms with Crippen LogP contribution < -0.4 is 15.0 Å². The van der Waals surface area contributed by atoms with E-state index in [0.717, 1.165) is 30.9 Å². The van der Waals surface area contributed by atoms with Gasteiger partial charge in [-0.05, 0) is 50.1 Å². The van der Waals surface area contributed by atoms with Gasteiger partial charge in [0, 0.05) is 41.7 Å². The summed E-state index contributed by atoms with van der Waals surface area (Å²) < 4.78 is 35.8. The zero-order valence-electron chi connectivity index (χ0n) is 22.1. The minimum atomic E-state index is -1.19. The standard InChI is InChI=1S/C30H33F2N3O3/c1-5-34(6-2)21-15-16-22-26(17-21)38-28(19(3)4)30(37)35(18-23-24(31)13-10-14-25(23)32)27(22)29(36)33-20-11-8-7-9-12-20/h7-17,19,27-28H,5-6,18H2,1-4H3,(H,33,36). The fourth-order valence-corrected chi connectivity index (χ4v) is 4.74. The molecule has 1 heterocycles. The molecule has 1 N–H and O–H groups in total. The van der Waals surface area contributed by atoms with Crippen LogP contribution in [0.3, 0.4) is 0 Å². The lowest BCUT2D eigenvalue weighted by Crippen LogP contribution is -2.46. The van der Waals surface area contributed by atoms with Gasteiger partial charge < -0.3 is 19.9 Å². The first-order chi connectivity index (χ1) is 18.2. The Kier molecular flexibility index (Phi) is 8.29. The van der Waals surface area contributed by atoms with Crippen molar-refractivity contribution < 1.29 is 23.1 Å². The molecular weight excluding hydrogens is 488 g/mol. The van der Waals surface area contributed by atoms with Crippen LogP contribution in [0.2, 0.25) is 0 Å². The zero-order valence-corrected chi connectivity index (χ0v) is 22.1. The van der Waals surface area contributed by atoms with Crippen molar-refractivity contribution in [3.05, 3.63) is 89.5 Å². The molecule has 1 aliphatic rings. The highest BCUT2D eigenvalue weighted by Gasteiger charge is 2.42. The fourth-order valence-electron chi connectivity index (χ4n) is 4.74. The molecule has 0 aromatic heterocycles. The lowest BCUT2D eigenvalue weighted by molar-refractivity contribution is -0.146.